The fraction of sp³-hybridized carbons (Fsp3) is 0.471. The summed E-state index contributed by atoms with van der Waals surface area (Å²) in [6, 6.07) is 7.26. The molecule has 0 spiro atoms. The van der Waals surface area contributed by atoms with Crippen LogP contribution in [0.2, 0.25) is 0 Å². The van der Waals surface area contributed by atoms with Crippen LogP contribution in [0, 0.1) is 0 Å². The number of hydrogen-bond donors (Lipinski definition) is 0. The smallest absolute Gasteiger partial charge is 0.254 e. The molecule has 21 heavy (non-hydrogen) atoms. The molecule has 1 aromatic carbocycles. The van der Waals surface area contributed by atoms with Crippen LogP contribution >= 0.6 is 0 Å². The average molecular weight is 289 g/mol. The maximum atomic E-state index is 12.5. The van der Waals surface area contributed by atoms with Crippen LogP contribution in [-0.2, 0) is 4.74 Å². The van der Waals surface area contributed by atoms with Crippen molar-refractivity contribution in [1.29, 1.82) is 0 Å². The molecule has 4 heteroatoms. The highest BCUT2D eigenvalue weighted by Gasteiger charge is 2.26. The van der Waals surface area contributed by atoms with Crippen molar-refractivity contribution in [3.8, 4) is 5.75 Å². The normalized spacial score (nSPS) is 22.0. The Labute approximate surface area is 126 Å². The van der Waals surface area contributed by atoms with Crippen molar-refractivity contribution < 1.29 is 14.3 Å². The molecule has 1 heterocycles. The molecule has 114 valence electrons. The number of amides is 1. The minimum atomic E-state index is 0.0449. The van der Waals surface area contributed by atoms with E-state index in [0.29, 0.717) is 25.3 Å². The van der Waals surface area contributed by atoms with E-state index in [1.165, 1.54) is 0 Å². The monoisotopic (exact) mass is 289 g/mol. The van der Waals surface area contributed by atoms with Gasteiger partial charge in [-0.25, -0.2) is 0 Å². The van der Waals surface area contributed by atoms with Crippen molar-refractivity contribution in [3.05, 3.63) is 42.0 Å². The zero-order chi connectivity index (χ0) is 15.4. The van der Waals surface area contributed by atoms with Gasteiger partial charge in [0, 0.05) is 18.7 Å². The van der Waals surface area contributed by atoms with E-state index in [-0.39, 0.29) is 18.1 Å². The Kier molecular flexibility index (Phi) is 5.02. The van der Waals surface area contributed by atoms with Crippen molar-refractivity contribution in [2.45, 2.75) is 33.0 Å². The molecule has 0 radical (unpaired) electrons. The van der Waals surface area contributed by atoms with E-state index < -0.39 is 0 Å². The lowest BCUT2D eigenvalue weighted by atomic mass is 10.1. The first-order valence-electron chi connectivity index (χ1n) is 7.27. The van der Waals surface area contributed by atoms with Gasteiger partial charge in [-0.3, -0.25) is 4.79 Å². The van der Waals surface area contributed by atoms with Gasteiger partial charge in [0.05, 0.1) is 12.2 Å². The third-order valence-corrected chi connectivity index (χ3v) is 3.29. The lowest BCUT2D eigenvalue weighted by Crippen LogP contribution is -2.48. The molecule has 0 saturated carbocycles. The van der Waals surface area contributed by atoms with Crippen LogP contribution in [0.4, 0.5) is 0 Å². The van der Waals surface area contributed by atoms with Gasteiger partial charge in [-0.05, 0) is 50.6 Å². The van der Waals surface area contributed by atoms with Gasteiger partial charge in [0.2, 0.25) is 0 Å². The Morgan fingerprint density at radius 1 is 1.29 bits per heavy atom. The molecule has 0 N–H and O–H groups in total. The standard InChI is InChI=1S/C17H23NO3/c1-12(2)11-20-16-7-5-15(6-8-16)17(19)18-9-13(3)21-14(4)10-18/h5-8,13-14H,1,9-11H2,2-4H3/t13-,14-/m1/s1. The highest BCUT2D eigenvalue weighted by molar-refractivity contribution is 5.94. The zero-order valence-corrected chi connectivity index (χ0v) is 13.0. The van der Waals surface area contributed by atoms with Gasteiger partial charge in [-0.15, -0.1) is 0 Å². The number of morpholine rings is 1. The van der Waals surface area contributed by atoms with Gasteiger partial charge in [0.25, 0.3) is 5.91 Å². The van der Waals surface area contributed by atoms with Crippen LogP contribution < -0.4 is 4.74 Å². The van der Waals surface area contributed by atoms with Crippen LogP contribution in [0.1, 0.15) is 31.1 Å². The van der Waals surface area contributed by atoms with E-state index >= 15 is 0 Å². The minimum Gasteiger partial charge on any atom is -0.489 e. The summed E-state index contributed by atoms with van der Waals surface area (Å²) in [7, 11) is 0. The Morgan fingerprint density at radius 3 is 2.38 bits per heavy atom. The first kappa shape index (κ1) is 15.6. The molecular weight excluding hydrogens is 266 g/mol. The van der Waals surface area contributed by atoms with Crippen molar-refractivity contribution >= 4 is 5.91 Å². The first-order chi connectivity index (χ1) is 9.95. The largest absolute Gasteiger partial charge is 0.489 e. The number of ether oxygens (including phenoxy) is 2. The fourth-order valence-corrected chi connectivity index (χ4v) is 2.43. The maximum absolute atomic E-state index is 12.5. The summed E-state index contributed by atoms with van der Waals surface area (Å²) in [6.45, 7) is 11.5. The summed E-state index contributed by atoms with van der Waals surface area (Å²) in [4.78, 5) is 14.3. The Balaban J connectivity index is 2.00. The van der Waals surface area contributed by atoms with E-state index in [0.717, 1.165) is 11.3 Å². The van der Waals surface area contributed by atoms with Crippen LogP contribution in [0.15, 0.2) is 36.4 Å². The number of nitrogens with zero attached hydrogens (tertiary/aromatic N) is 1. The molecule has 0 aliphatic carbocycles. The van der Waals surface area contributed by atoms with Gasteiger partial charge in [0.15, 0.2) is 0 Å². The lowest BCUT2D eigenvalue weighted by molar-refractivity contribution is -0.0586. The van der Waals surface area contributed by atoms with E-state index in [1.807, 2.05) is 37.8 Å². The maximum Gasteiger partial charge on any atom is 0.254 e. The fourth-order valence-electron chi connectivity index (χ4n) is 2.43. The van der Waals surface area contributed by atoms with Crippen LogP contribution in [-0.4, -0.2) is 42.7 Å². The molecule has 2 atom stereocenters. The van der Waals surface area contributed by atoms with Crippen LogP contribution in [0.3, 0.4) is 0 Å². The molecule has 4 nitrogen and oxygen atoms in total. The number of benzene rings is 1. The third kappa shape index (κ3) is 4.33. The second-order valence-electron chi connectivity index (χ2n) is 5.74. The molecule has 2 rings (SSSR count). The molecule has 1 saturated heterocycles. The molecule has 0 aromatic heterocycles. The number of hydrogen-bond acceptors (Lipinski definition) is 3. The summed E-state index contributed by atoms with van der Waals surface area (Å²) in [5.74, 6) is 0.793. The van der Waals surface area contributed by atoms with E-state index in [9.17, 15) is 4.79 Å². The average Bonchev–Trinajstić information content (AvgIpc) is 2.44. The van der Waals surface area contributed by atoms with Gasteiger partial charge in [-0.2, -0.15) is 0 Å². The van der Waals surface area contributed by atoms with Crippen molar-refractivity contribution in [2.75, 3.05) is 19.7 Å². The highest BCUT2D eigenvalue weighted by atomic mass is 16.5. The summed E-state index contributed by atoms with van der Waals surface area (Å²) in [5, 5.41) is 0. The summed E-state index contributed by atoms with van der Waals surface area (Å²) >= 11 is 0. The molecule has 1 aliphatic heterocycles. The molecule has 0 unspecified atom stereocenters. The van der Waals surface area contributed by atoms with Crippen LogP contribution in [0.5, 0.6) is 5.75 Å². The van der Waals surface area contributed by atoms with Gasteiger partial charge in [-0.1, -0.05) is 6.58 Å². The van der Waals surface area contributed by atoms with E-state index in [4.69, 9.17) is 9.47 Å². The summed E-state index contributed by atoms with van der Waals surface area (Å²) < 4.78 is 11.2. The number of carbonyl (C=O) groups excluding carboxylic acids is 1. The van der Waals surface area contributed by atoms with Gasteiger partial charge in [0.1, 0.15) is 12.4 Å². The van der Waals surface area contributed by atoms with E-state index in [1.54, 1.807) is 12.1 Å². The lowest BCUT2D eigenvalue weighted by Gasteiger charge is -2.35. The third-order valence-electron chi connectivity index (χ3n) is 3.29. The van der Waals surface area contributed by atoms with E-state index in [2.05, 4.69) is 6.58 Å². The molecule has 1 fully saturated rings. The number of carbonyl (C=O) groups is 1. The molecule has 1 amide bonds. The quantitative estimate of drug-likeness (QED) is 0.800. The molecule has 1 aliphatic rings. The van der Waals surface area contributed by atoms with Crippen LogP contribution in [0.25, 0.3) is 0 Å². The van der Waals surface area contributed by atoms with Crippen molar-refractivity contribution in [1.82, 2.24) is 4.90 Å². The first-order valence-corrected chi connectivity index (χ1v) is 7.27. The second kappa shape index (κ2) is 6.76. The topological polar surface area (TPSA) is 38.8 Å². The Hall–Kier alpha value is -1.81. The highest BCUT2D eigenvalue weighted by Crippen LogP contribution is 2.17. The Bertz CT molecular complexity index is 499. The van der Waals surface area contributed by atoms with Crippen molar-refractivity contribution in [2.24, 2.45) is 0 Å². The zero-order valence-electron chi connectivity index (χ0n) is 13.0. The summed E-state index contributed by atoms with van der Waals surface area (Å²) in [6.07, 6.45) is 0.159. The predicted molar refractivity (Wildman–Crippen MR) is 82.7 cm³/mol. The van der Waals surface area contributed by atoms with Crippen molar-refractivity contribution in [3.63, 3.8) is 0 Å². The second-order valence-corrected chi connectivity index (χ2v) is 5.74. The molecule has 0 bridgehead atoms. The van der Waals surface area contributed by atoms with Gasteiger partial charge < -0.3 is 14.4 Å². The number of rotatable bonds is 4. The minimum absolute atomic E-state index is 0.0449. The predicted octanol–water partition coefficient (Wildman–Crippen LogP) is 2.89. The molecular formula is C17H23NO3. The van der Waals surface area contributed by atoms with Gasteiger partial charge >= 0.3 is 0 Å². The summed E-state index contributed by atoms with van der Waals surface area (Å²) in [5.41, 5.74) is 1.64. The molecule has 1 aromatic rings. The SMILES string of the molecule is C=C(C)COc1ccc(C(=O)N2C[C@@H](C)O[C@H](C)C2)cc1. The Morgan fingerprint density at radius 2 is 1.86 bits per heavy atom.